The summed E-state index contributed by atoms with van der Waals surface area (Å²) < 4.78 is 5.86. The van der Waals surface area contributed by atoms with Crippen LogP contribution in [-0.4, -0.2) is 23.0 Å². The first-order chi connectivity index (χ1) is 13.6. The first-order valence-electron chi connectivity index (χ1n) is 8.74. The van der Waals surface area contributed by atoms with E-state index in [2.05, 4.69) is 4.99 Å². The largest absolute Gasteiger partial charge is 0.450 e. The van der Waals surface area contributed by atoms with E-state index in [4.69, 9.17) is 4.42 Å². The summed E-state index contributed by atoms with van der Waals surface area (Å²) in [7, 11) is 1.74. The number of aryl methyl sites for hydroxylation is 1. The highest BCUT2D eigenvalue weighted by molar-refractivity contribution is 8.18. The number of nitrogens with zero attached hydrogens (tertiary/aromatic N) is 2. The molecule has 1 fully saturated rings. The fourth-order valence-corrected chi connectivity index (χ4v) is 4.35. The van der Waals surface area contributed by atoms with E-state index in [0.29, 0.717) is 15.8 Å². The average molecular weight is 407 g/mol. The van der Waals surface area contributed by atoms with Gasteiger partial charge in [0, 0.05) is 18.0 Å². The van der Waals surface area contributed by atoms with Gasteiger partial charge in [0.1, 0.15) is 5.76 Å². The van der Waals surface area contributed by atoms with E-state index in [1.807, 2.05) is 73.7 Å². The first kappa shape index (κ1) is 18.7. The minimum Gasteiger partial charge on any atom is -0.450 e. The predicted molar refractivity (Wildman–Crippen MR) is 116 cm³/mol. The quantitative estimate of drug-likeness (QED) is 0.501. The van der Waals surface area contributed by atoms with Crippen molar-refractivity contribution in [1.82, 2.24) is 4.90 Å². The van der Waals surface area contributed by atoms with Crippen LogP contribution in [0.2, 0.25) is 0 Å². The molecule has 2 heterocycles. The topological polar surface area (TPSA) is 45.8 Å². The number of rotatable bonds is 4. The molecule has 0 aliphatic carbocycles. The third kappa shape index (κ3) is 4.24. The van der Waals surface area contributed by atoms with Crippen LogP contribution < -0.4 is 0 Å². The van der Waals surface area contributed by atoms with Crippen molar-refractivity contribution in [2.75, 3.05) is 7.05 Å². The number of benzene rings is 2. The number of thioether (sulfide) groups is 1. The Labute approximate surface area is 172 Å². The highest BCUT2D eigenvalue weighted by Gasteiger charge is 2.30. The van der Waals surface area contributed by atoms with Crippen LogP contribution in [0, 0.1) is 6.92 Å². The van der Waals surface area contributed by atoms with Gasteiger partial charge in [0.15, 0.2) is 10.3 Å². The molecule has 28 heavy (non-hydrogen) atoms. The number of amidine groups is 1. The van der Waals surface area contributed by atoms with Gasteiger partial charge in [-0.2, -0.15) is 0 Å². The summed E-state index contributed by atoms with van der Waals surface area (Å²) >= 11 is 2.90. The highest BCUT2D eigenvalue weighted by Crippen LogP contribution is 2.35. The minimum absolute atomic E-state index is 0.0791. The van der Waals surface area contributed by atoms with Gasteiger partial charge in [0.25, 0.3) is 5.91 Å². The third-order valence-corrected chi connectivity index (χ3v) is 6.09. The van der Waals surface area contributed by atoms with Crippen molar-refractivity contribution in [2.45, 2.75) is 16.9 Å². The lowest BCUT2D eigenvalue weighted by molar-refractivity contribution is -0.121. The van der Waals surface area contributed by atoms with E-state index < -0.39 is 0 Å². The minimum atomic E-state index is -0.0791. The van der Waals surface area contributed by atoms with E-state index in [1.165, 1.54) is 17.3 Å². The lowest BCUT2D eigenvalue weighted by atomic mass is 10.2. The molecular weight excluding hydrogens is 388 g/mol. The molecule has 140 valence electrons. The van der Waals surface area contributed by atoms with E-state index in [9.17, 15) is 4.79 Å². The number of likely N-dealkylation sites (N-methyl/N-ethyl adjacent to an activating group) is 1. The molecular formula is C22H18N2O2S2. The van der Waals surface area contributed by atoms with Crippen LogP contribution >= 0.6 is 23.5 Å². The fraction of sp³-hybridized carbons (Fsp3) is 0.0909. The molecule has 0 unspecified atom stereocenters. The maximum Gasteiger partial charge on any atom is 0.266 e. The Balaban J connectivity index is 1.52. The number of furan rings is 1. The molecule has 4 rings (SSSR count). The summed E-state index contributed by atoms with van der Waals surface area (Å²) in [6.45, 7) is 2.03. The number of hydrogen-bond acceptors (Lipinski definition) is 5. The molecule has 4 nitrogen and oxygen atoms in total. The van der Waals surface area contributed by atoms with Crippen molar-refractivity contribution in [2.24, 2.45) is 4.99 Å². The predicted octanol–water partition coefficient (Wildman–Crippen LogP) is 5.97. The van der Waals surface area contributed by atoms with Crippen LogP contribution in [0.4, 0.5) is 5.69 Å². The van der Waals surface area contributed by atoms with Gasteiger partial charge in [-0.15, -0.1) is 0 Å². The van der Waals surface area contributed by atoms with E-state index in [0.717, 1.165) is 15.7 Å². The Morgan fingerprint density at radius 1 is 1.04 bits per heavy atom. The second-order valence-corrected chi connectivity index (χ2v) is 8.36. The van der Waals surface area contributed by atoms with Gasteiger partial charge in [-0.1, -0.05) is 47.7 Å². The molecule has 6 heteroatoms. The molecule has 0 N–H and O–H groups in total. The molecule has 2 aromatic carbocycles. The van der Waals surface area contributed by atoms with Crippen molar-refractivity contribution in [3.8, 4) is 0 Å². The highest BCUT2D eigenvalue weighted by atomic mass is 32.2. The molecule has 0 saturated carbocycles. The molecule has 1 aliphatic rings. The molecule has 0 bridgehead atoms. The van der Waals surface area contributed by atoms with Crippen molar-refractivity contribution in [1.29, 1.82) is 0 Å². The Bertz CT molecular complexity index is 1050. The lowest BCUT2D eigenvalue weighted by Gasteiger charge is -2.07. The second kappa shape index (κ2) is 8.12. The second-order valence-electron chi connectivity index (χ2n) is 6.28. The number of amides is 1. The number of aliphatic imine (C=N–C) groups is 1. The number of hydrogen-bond donors (Lipinski definition) is 0. The summed E-state index contributed by atoms with van der Waals surface area (Å²) in [6, 6.07) is 21.7. The fourth-order valence-electron chi connectivity index (χ4n) is 2.58. The molecule has 3 aromatic rings. The van der Waals surface area contributed by atoms with Crippen LogP contribution in [0.3, 0.4) is 0 Å². The van der Waals surface area contributed by atoms with Crippen LogP contribution in [0.1, 0.15) is 11.3 Å². The summed E-state index contributed by atoms with van der Waals surface area (Å²) in [5.74, 6) is 0.573. The normalized spacial score (nSPS) is 17.1. The molecule has 1 aromatic heterocycles. The van der Waals surface area contributed by atoms with Crippen molar-refractivity contribution >= 4 is 46.4 Å². The zero-order valence-electron chi connectivity index (χ0n) is 15.5. The smallest absolute Gasteiger partial charge is 0.266 e. The molecule has 1 aliphatic heterocycles. The Morgan fingerprint density at radius 2 is 1.79 bits per heavy atom. The molecule has 0 spiro atoms. The molecule has 0 atom stereocenters. The standard InChI is InChI=1S/C22H18N2O2S2/c1-15-8-10-16(11-9-15)23-22-24(2)21(25)19(28-22)14-17-12-13-20(26-17)27-18-6-4-3-5-7-18/h3-14H,1-2H3/b19-14-,23-22?. The van der Waals surface area contributed by atoms with Crippen LogP contribution in [0.15, 0.2) is 91.0 Å². The van der Waals surface area contributed by atoms with Crippen LogP contribution in [0.5, 0.6) is 0 Å². The van der Waals surface area contributed by atoms with E-state index >= 15 is 0 Å². The Kier molecular flexibility index (Phi) is 5.41. The zero-order chi connectivity index (χ0) is 19.5. The van der Waals surface area contributed by atoms with Gasteiger partial charge in [-0.3, -0.25) is 9.69 Å². The van der Waals surface area contributed by atoms with Gasteiger partial charge in [-0.05, 0) is 55.1 Å². The zero-order valence-corrected chi connectivity index (χ0v) is 17.1. The van der Waals surface area contributed by atoms with Gasteiger partial charge in [0.05, 0.1) is 10.6 Å². The Hall–Kier alpha value is -2.70. The van der Waals surface area contributed by atoms with Gasteiger partial charge >= 0.3 is 0 Å². The molecule has 1 amide bonds. The van der Waals surface area contributed by atoms with Crippen molar-refractivity contribution in [3.63, 3.8) is 0 Å². The number of carbonyl (C=O) groups excluding carboxylic acids is 1. The average Bonchev–Trinajstić information content (AvgIpc) is 3.24. The van der Waals surface area contributed by atoms with E-state index in [-0.39, 0.29) is 5.91 Å². The lowest BCUT2D eigenvalue weighted by Crippen LogP contribution is -2.23. The Morgan fingerprint density at radius 3 is 2.54 bits per heavy atom. The SMILES string of the molecule is Cc1ccc(N=C2S/C(=C\c3ccc(Sc4ccccc4)o3)C(=O)N2C)cc1. The number of carbonyl (C=O) groups is 1. The van der Waals surface area contributed by atoms with Crippen LogP contribution in [-0.2, 0) is 4.79 Å². The molecule has 0 radical (unpaired) electrons. The summed E-state index contributed by atoms with van der Waals surface area (Å²) in [5, 5.41) is 1.45. The third-order valence-electron chi connectivity index (χ3n) is 4.10. The summed E-state index contributed by atoms with van der Waals surface area (Å²) in [4.78, 5) is 20.4. The maximum absolute atomic E-state index is 12.6. The van der Waals surface area contributed by atoms with E-state index in [1.54, 1.807) is 29.8 Å². The van der Waals surface area contributed by atoms with Gasteiger partial charge in [-0.25, -0.2) is 4.99 Å². The summed E-state index contributed by atoms with van der Waals surface area (Å²) in [6.07, 6.45) is 1.77. The van der Waals surface area contributed by atoms with Gasteiger partial charge < -0.3 is 4.42 Å². The van der Waals surface area contributed by atoms with Crippen LogP contribution in [0.25, 0.3) is 6.08 Å². The summed E-state index contributed by atoms with van der Waals surface area (Å²) in [5.41, 5.74) is 2.00. The maximum atomic E-state index is 12.6. The van der Waals surface area contributed by atoms with Gasteiger partial charge in [0.2, 0.25) is 0 Å². The monoisotopic (exact) mass is 406 g/mol. The van der Waals surface area contributed by atoms with Crippen molar-refractivity contribution < 1.29 is 9.21 Å². The first-order valence-corrected chi connectivity index (χ1v) is 10.4. The van der Waals surface area contributed by atoms with Crippen molar-refractivity contribution in [3.05, 3.63) is 83.0 Å². The molecule has 1 saturated heterocycles.